The van der Waals surface area contributed by atoms with E-state index in [-0.39, 0.29) is 6.04 Å². The van der Waals surface area contributed by atoms with Gasteiger partial charge in [0, 0.05) is 15.6 Å². The Morgan fingerprint density at radius 1 is 1.41 bits per heavy atom. The number of rotatable bonds is 2. The maximum Gasteiger partial charge on any atom is 0.0837 e. The van der Waals surface area contributed by atoms with E-state index in [0.29, 0.717) is 10.0 Å². The van der Waals surface area contributed by atoms with Gasteiger partial charge in [-0.15, -0.1) is 0 Å². The van der Waals surface area contributed by atoms with Crippen LogP contribution in [0.15, 0.2) is 24.4 Å². The number of hydrogen-bond donors (Lipinski definition) is 1. The molecular formula is C11H10Cl2IN3. The molecule has 0 bridgehead atoms. The monoisotopic (exact) mass is 381 g/mol. The van der Waals surface area contributed by atoms with E-state index in [9.17, 15) is 0 Å². The van der Waals surface area contributed by atoms with Crippen molar-refractivity contribution in [3.8, 4) is 0 Å². The molecular weight excluding hydrogens is 372 g/mol. The first kappa shape index (κ1) is 13.1. The molecule has 1 atom stereocenters. The van der Waals surface area contributed by atoms with E-state index in [2.05, 4.69) is 27.7 Å². The van der Waals surface area contributed by atoms with E-state index < -0.39 is 0 Å². The summed E-state index contributed by atoms with van der Waals surface area (Å²) in [5.74, 6) is 0. The molecule has 0 amide bonds. The molecule has 0 spiro atoms. The topological polar surface area (TPSA) is 43.8 Å². The lowest BCUT2D eigenvalue weighted by Gasteiger charge is -2.15. The van der Waals surface area contributed by atoms with E-state index in [1.54, 1.807) is 10.9 Å². The number of halogens is 3. The van der Waals surface area contributed by atoms with Gasteiger partial charge in [0.05, 0.1) is 23.0 Å². The Labute approximate surface area is 123 Å². The van der Waals surface area contributed by atoms with Crippen molar-refractivity contribution in [2.24, 2.45) is 12.8 Å². The Morgan fingerprint density at radius 3 is 2.71 bits per heavy atom. The van der Waals surface area contributed by atoms with Crippen LogP contribution in [0, 0.1) is 3.57 Å². The van der Waals surface area contributed by atoms with Crippen molar-refractivity contribution in [1.29, 1.82) is 0 Å². The summed E-state index contributed by atoms with van der Waals surface area (Å²) in [6.45, 7) is 0. The molecule has 2 aromatic rings. The molecule has 0 saturated carbocycles. The molecule has 90 valence electrons. The molecule has 1 heterocycles. The highest BCUT2D eigenvalue weighted by Crippen LogP contribution is 2.30. The van der Waals surface area contributed by atoms with Crippen LogP contribution in [0.3, 0.4) is 0 Å². The third-order valence-electron chi connectivity index (χ3n) is 2.53. The Balaban J connectivity index is 2.50. The summed E-state index contributed by atoms with van der Waals surface area (Å²) >= 11 is 14.3. The first-order chi connectivity index (χ1) is 8.00. The standard InChI is InChI=1S/C11H10Cl2IN3/c1-17-11(8(13)5-16-17)10(15)7-4-6(12)2-3-9(7)14/h2-5,10H,15H2,1H3. The lowest BCUT2D eigenvalue weighted by molar-refractivity contribution is 0.672. The van der Waals surface area contributed by atoms with Gasteiger partial charge < -0.3 is 5.73 Å². The average molecular weight is 382 g/mol. The third-order valence-corrected chi connectivity index (χ3v) is 4.03. The van der Waals surface area contributed by atoms with Gasteiger partial charge in [-0.25, -0.2) is 0 Å². The van der Waals surface area contributed by atoms with Crippen LogP contribution in [-0.4, -0.2) is 9.78 Å². The normalized spacial score (nSPS) is 12.8. The van der Waals surface area contributed by atoms with Crippen LogP contribution >= 0.6 is 45.8 Å². The molecule has 0 saturated heterocycles. The summed E-state index contributed by atoms with van der Waals surface area (Å²) in [5, 5.41) is 5.31. The molecule has 0 aliphatic rings. The van der Waals surface area contributed by atoms with Gasteiger partial charge in [0.1, 0.15) is 0 Å². The van der Waals surface area contributed by atoms with Gasteiger partial charge in [-0.1, -0.05) is 23.2 Å². The molecule has 17 heavy (non-hydrogen) atoms. The third kappa shape index (κ3) is 2.59. The van der Waals surface area contributed by atoms with E-state index in [4.69, 9.17) is 28.9 Å². The van der Waals surface area contributed by atoms with Crippen molar-refractivity contribution in [2.45, 2.75) is 6.04 Å². The van der Waals surface area contributed by atoms with Gasteiger partial charge in [0.15, 0.2) is 0 Å². The molecule has 1 aromatic heterocycles. The fraction of sp³-hybridized carbons (Fsp3) is 0.182. The Kier molecular flexibility index (Phi) is 3.97. The molecule has 0 radical (unpaired) electrons. The van der Waals surface area contributed by atoms with Crippen molar-refractivity contribution in [1.82, 2.24) is 9.78 Å². The molecule has 0 aliphatic carbocycles. The molecule has 2 rings (SSSR count). The van der Waals surface area contributed by atoms with Crippen molar-refractivity contribution in [3.05, 3.63) is 49.3 Å². The summed E-state index contributed by atoms with van der Waals surface area (Å²) in [6.07, 6.45) is 1.59. The van der Waals surface area contributed by atoms with Crippen LogP contribution in [0.1, 0.15) is 17.3 Å². The Bertz CT molecular complexity index is 534. The van der Waals surface area contributed by atoms with Gasteiger partial charge in [0.2, 0.25) is 0 Å². The summed E-state index contributed by atoms with van der Waals surface area (Å²) < 4.78 is 2.74. The average Bonchev–Trinajstić information content (AvgIpc) is 2.61. The molecule has 0 fully saturated rings. The minimum Gasteiger partial charge on any atom is -0.319 e. The second-order valence-corrected chi connectivity index (χ2v) is 5.65. The van der Waals surface area contributed by atoms with E-state index in [0.717, 1.165) is 14.8 Å². The predicted molar refractivity (Wildman–Crippen MR) is 78.4 cm³/mol. The molecule has 3 nitrogen and oxygen atoms in total. The van der Waals surface area contributed by atoms with Gasteiger partial charge in [-0.05, 0) is 46.4 Å². The zero-order chi connectivity index (χ0) is 12.6. The van der Waals surface area contributed by atoms with Crippen LogP contribution in [0.25, 0.3) is 0 Å². The highest BCUT2D eigenvalue weighted by Gasteiger charge is 2.19. The molecule has 0 aliphatic heterocycles. The highest BCUT2D eigenvalue weighted by atomic mass is 127. The number of aromatic nitrogens is 2. The largest absolute Gasteiger partial charge is 0.319 e. The SMILES string of the molecule is Cn1ncc(Cl)c1C(N)c1cc(Cl)ccc1I. The van der Waals surface area contributed by atoms with Crippen LogP contribution in [0.2, 0.25) is 10.0 Å². The lowest BCUT2D eigenvalue weighted by atomic mass is 10.0. The summed E-state index contributed by atoms with van der Waals surface area (Å²) in [4.78, 5) is 0. The van der Waals surface area contributed by atoms with Gasteiger partial charge in [-0.2, -0.15) is 5.10 Å². The maximum atomic E-state index is 6.22. The summed E-state index contributed by atoms with van der Waals surface area (Å²) in [5.41, 5.74) is 7.96. The molecule has 2 N–H and O–H groups in total. The van der Waals surface area contributed by atoms with Crippen molar-refractivity contribution >= 4 is 45.8 Å². The number of nitrogens with two attached hydrogens (primary N) is 1. The van der Waals surface area contributed by atoms with Crippen LogP contribution < -0.4 is 5.73 Å². The van der Waals surface area contributed by atoms with Crippen LogP contribution in [-0.2, 0) is 7.05 Å². The lowest BCUT2D eigenvalue weighted by Crippen LogP contribution is -2.17. The number of hydrogen-bond acceptors (Lipinski definition) is 2. The molecule has 1 unspecified atom stereocenters. The van der Waals surface area contributed by atoms with Crippen molar-refractivity contribution < 1.29 is 0 Å². The van der Waals surface area contributed by atoms with E-state index in [1.807, 2.05) is 25.2 Å². The summed E-state index contributed by atoms with van der Waals surface area (Å²) in [7, 11) is 1.82. The highest BCUT2D eigenvalue weighted by molar-refractivity contribution is 14.1. The first-order valence-corrected chi connectivity index (χ1v) is 6.72. The zero-order valence-corrected chi connectivity index (χ0v) is 12.7. The quantitative estimate of drug-likeness (QED) is 0.810. The summed E-state index contributed by atoms with van der Waals surface area (Å²) in [6, 6.07) is 5.30. The minimum atomic E-state index is -0.333. The fourth-order valence-corrected chi connectivity index (χ4v) is 2.81. The number of aryl methyl sites for hydroxylation is 1. The van der Waals surface area contributed by atoms with Crippen LogP contribution in [0.4, 0.5) is 0 Å². The minimum absolute atomic E-state index is 0.333. The Hall–Kier alpha value is -0.300. The van der Waals surface area contributed by atoms with Gasteiger partial charge in [-0.3, -0.25) is 4.68 Å². The van der Waals surface area contributed by atoms with Gasteiger partial charge >= 0.3 is 0 Å². The molecule has 6 heteroatoms. The van der Waals surface area contributed by atoms with Crippen molar-refractivity contribution in [2.75, 3.05) is 0 Å². The van der Waals surface area contributed by atoms with E-state index >= 15 is 0 Å². The molecule has 1 aromatic carbocycles. The number of benzene rings is 1. The maximum absolute atomic E-state index is 6.22. The smallest absolute Gasteiger partial charge is 0.0837 e. The van der Waals surface area contributed by atoms with Crippen molar-refractivity contribution in [3.63, 3.8) is 0 Å². The van der Waals surface area contributed by atoms with E-state index in [1.165, 1.54) is 0 Å². The predicted octanol–water partition coefficient (Wildman–Crippen LogP) is 3.38. The fourth-order valence-electron chi connectivity index (χ4n) is 1.67. The first-order valence-electron chi connectivity index (χ1n) is 4.88. The Morgan fingerprint density at radius 2 is 2.12 bits per heavy atom. The number of nitrogens with zero attached hydrogens (tertiary/aromatic N) is 2. The second kappa shape index (κ2) is 5.14. The van der Waals surface area contributed by atoms with Gasteiger partial charge in [0.25, 0.3) is 0 Å². The van der Waals surface area contributed by atoms with Crippen LogP contribution in [0.5, 0.6) is 0 Å². The second-order valence-electron chi connectivity index (χ2n) is 3.64. The zero-order valence-electron chi connectivity index (χ0n) is 8.99.